The van der Waals surface area contributed by atoms with Gasteiger partial charge in [-0.2, -0.15) is 0 Å². The van der Waals surface area contributed by atoms with Crippen molar-refractivity contribution in [2.75, 3.05) is 5.32 Å². The Morgan fingerprint density at radius 2 is 2.06 bits per heavy atom. The number of nitrogens with zero attached hydrogens (tertiary/aromatic N) is 2. The zero-order valence-electron chi connectivity index (χ0n) is 9.11. The molecule has 0 saturated heterocycles. The zero-order valence-corrected chi connectivity index (χ0v) is 10.7. The third kappa shape index (κ3) is 3.51. The number of benzene rings is 1. The van der Waals surface area contributed by atoms with Crippen molar-refractivity contribution < 1.29 is 4.79 Å². The maximum absolute atomic E-state index is 10.8. The predicted octanol–water partition coefficient (Wildman–Crippen LogP) is 2.74. The van der Waals surface area contributed by atoms with E-state index in [0.29, 0.717) is 16.6 Å². The molecule has 0 fully saturated rings. The summed E-state index contributed by atoms with van der Waals surface area (Å²) in [5, 5.41) is 12.6. The number of nitrogens with one attached hydrogen (secondary N) is 1. The lowest BCUT2D eigenvalue weighted by Crippen LogP contribution is -2.04. The SMILES string of the molecule is CC(=O)Nc1nnc(Cc2ccc(Cl)cc2)s1. The highest BCUT2D eigenvalue weighted by atomic mass is 35.5. The van der Waals surface area contributed by atoms with Gasteiger partial charge < -0.3 is 5.32 Å². The minimum absolute atomic E-state index is 0.140. The van der Waals surface area contributed by atoms with Gasteiger partial charge in [-0.15, -0.1) is 10.2 Å². The van der Waals surface area contributed by atoms with Gasteiger partial charge in [0, 0.05) is 18.4 Å². The van der Waals surface area contributed by atoms with E-state index in [4.69, 9.17) is 11.6 Å². The van der Waals surface area contributed by atoms with E-state index in [-0.39, 0.29) is 5.91 Å². The average molecular weight is 268 g/mol. The highest BCUT2D eigenvalue weighted by molar-refractivity contribution is 7.15. The fourth-order valence-corrected chi connectivity index (χ4v) is 2.25. The molecule has 1 amide bonds. The molecule has 0 radical (unpaired) electrons. The van der Waals surface area contributed by atoms with Gasteiger partial charge in [-0.05, 0) is 17.7 Å². The van der Waals surface area contributed by atoms with Crippen molar-refractivity contribution in [2.45, 2.75) is 13.3 Å². The van der Waals surface area contributed by atoms with E-state index in [1.807, 2.05) is 24.3 Å². The number of carbonyl (C=O) groups excluding carboxylic acids is 1. The van der Waals surface area contributed by atoms with Gasteiger partial charge in [-0.25, -0.2) is 0 Å². The Morgan fingerprint density at radius 1 is 1.35 bits per heavy atom. The maximum Gasteiger partial charge on any atom is 0.223 e. The Morgan fingerprint density at radius 3 is 2.71 bits per heavy atom. The Kier molecular flexibility index (Phi) is 3.71. The number of halogens is 1. The van der Waals surface area contributed by atoms with Crippen molar-refractivity contribution >= 4 is 34.0 Å². The zero-order chi connectivity index (χ0) is 12.3. The second kappa shape index (κ2) is 5.25. The largest absolute Gasteiger partial charge is 0.301 e. The summed E-state index contributed by atoms with van der Waals surface area (Å²) in [5.74, 6) is -0.140. The van der Waals surface area contributed by atoms with Crippen molar-refractivity contribution in [2.24, 2.45) is 0 Å². The van der Waals surface area contributed by atoms with E-state index >= 15 is 0 Å². The lowest BCUT2D eigenvalue weighted by atomic mass is 10.2. The highest BCUT2D eigenvalue weighted by Crippen LogP contribution is 2.19. The van der Waals surface area contributed by atoms with Gasteiger partial charge in [0.15, 0.2) is 0 Å². The molecule has 0 saturated carbocycles. The first-order chi connectivity index (χ1) is 8.13. The van der Waals surface area contributed by atoms with Crippen LogP contribution in [0.15, 0.2) is 24.3 Å². The topological polar surface area (TPSA) is 54.9 Å². The van der Waals surface area contributed by atoms with Crippen LogP contribution in [0.1, 0.15) is 17.5 Å². The van der Waals surface area contributed by atoms with Crippen molar-refractivity contribution in [3.05, 3.63) is 39.9 Å². The summed E-state index contributed by atoms with van der Waals surface area (Å²) >= 11 is 7.18. The molecule has 0 atom stereocenters. The van der Waals surface area contributed by atoms with Crippen molar-refractivity contribution in [3.8, 4) is 0 Å². The van der Waals surface area contributed by atoms with Crippen molar-refractivity contribution in [1.82, 2.24) is 10.2 Å². The second-order valence-corrected chi connectivity index (χ2v) is 4.98. The van der Waals surface area contributed by atoms with Crippen LogP contribution in [0.4, 0.5) is 5.13 Å². The molecule has 2 aromatic rings. The quantitative estimate of drug-likeness (QED) is 0.930. The van der Waals surface area contributed by atoms with Gasteiger partial charge in [-0.1, -0.05) is 35.1 Å². The maximum atomic E-state index is 10.8. The number of carbonyl (C=O) groups is 1. The lowest BCUT2D eigenvalue weighted by molar-refractivity contribution is -0.114. The first kappa shape index (κ1) is 12.0. The predicted molar refractivity (Wildman–Crippen MR) is 68.5 cm³/mol. The van der Waals surface area contributed by atoms with E-state index in [0.717, 1.165) is 10.6 Å². The number of hydrogen-bond donors (Lipinski definition) is 1. The van der Waals surface area contributed by atoms with Gasteiger partial charge in [0.2, 0.25) is 11.0 Å². The molecule has 6 heteroatoms. The Bertz CT molecular complexity index is 524. The number of amides is 1. The summed E-state index contributed by atoms with van der Waals surface area (Å²) in [6.45, 7) is 1.44. The van der Waals surface area contributed by atoms with Crippen LogP contribution in [0.25, 0.3) is 0 Å². The molecule has 0 aliphatic rings. The summed E-state index contributed by atoms with van der Waals surface area (Å²) in [4.78, 5) is 10.8. The molecule has 4 nitrogen and oxygen atoms in total. The summed E-state index contributed by atoms with van der Waals surface area (Å²) in [6.07, 6.45) is 0.689. The molecule has 88 valence electrons. The number of anilines is 1. The molecule has 1 N–H and O–H groups in total. The van der Waals surface area contributed by atoms with Gasteiger partial charge in [-0.3, -0.25) is 4.79 Å². The van der Waals surface area contributed by atoms with Crippen LogP contribution >= 0.6 is 22.9 Å². The monoisotopic (exact) mass is 267 g/mol. The molecule has 0 spiro atoms. The molecule has 0 unspecified atom stereocenters. The third-order valence-corrected chi connectivity index (χ3v) is 3.11. The second-order valence-electron chi connectivity index (χ2n) is 3.49. The van der Waals surface area contributed by atoms with Crippen LogP contribution in [-0.2, 0) is 11.2 Å². The van der Waals surface area contributed by atoms with E-state index in [9.17, 15) is 4.79 Å². The molecule has 1 heterocycles. The molecule has 1 aromatic carbocycles. The molecule has 0 aliphatic carbocycles. The molecule has 1 aromatic heterocycles. The molecular formula is C11H10ClN3OS. The fourth-order valence-electron chi connectivity index (χ4n) is 1.30. The molecule has 17 heavy (non-hydrogen) atoms. The number of aromatic nitrogens is 2. The summed E-state index contributed by atoms with van der Waals surface area (Å²) in [6, 6.07) is 7.57. The number of hydrogen-bond acceptors (Lipinski definition) is 4. The Hall–Kier alpha value is -1.46. The third-order valence-electron chi connectivity index (χ3n) is 2.02. The molecule has 0 aliphatic heterocycles. The van der Waals surface area contributed by atoms with E-state index in [1.165, 1.54) is 18.3 Å². The van der Waals surface area contributed by atoms with Gasteiger partial charge in [0.25, 0.3) is 0 Å². The van der Waals surface area contributed by atoms with Crippen LogP contribution in [0.5, 0.6) is 0 Å². The Labute approximate surface area is 108 Å². The summed E-state index contributed by atoms with van der Waals surface area (Å²) < 4.78 is 0. The summed E-state index contributed by atoms with van der Waals surface area (Å²) in [7, 11) is 0. The van der Waals surface area contributed by atoms with E-state index in [1.54, 1.807) is 0 Å². The van der Waals surface area contributed by atoms with Gasteiger partial charge in [0.1, 0.15) is 5.01 Å². The lowest BCUT2D eigenvalue weighted by Gasteiger charge is -1.96. The normalized spacial score (nSPS) is 10.2. The molecule has 2 rings (SSSR count). The Balaban J connectivity index is 2.06. The van der Waals surface area contributed by atoms with Gasteiger partial charge in [0.05, 0.1) is 0 Å². The van der Waals surface area contributed by atoms with Crippen LogP contribution in [-0.4, -0.2) is 16.1 Å². The van der Waals surface area contributed by atoms with Crippen LogP contribution in [0, 0.1) is 0 Å². The fraction of sp³-hybridized carbons (Fsp3) is 0.182. The van der Waals surface area contributed by atoms with Crippen LogP contribution in [0.3, 0.4) is 0 Å². The summed E-state index contributed by atoms with van der Waals surface area (Å²) in [5.41, 5.74) is 1.11. The molecular weight excluding hydrogens is 258 g/mol. The van der Waals surface area contributed by atoms with Crippen molar-refractivity contribution in [1.29, 1.82) is 0 Å². The first-order valence-electron chi connectivity index (χ1n) is 4.98. The van der Waals surface area contributed by atoms with E-state index in [2.05, 4.69) is 15.5 Å². The van der Waals surface area contributed by atoms with Crippen LogP contribution in [0.2, 0.25) is 5.02 Å². The van der Waals surface area contributed by atoms with E-state index < -0.39 is 0 Å². The first-order valence-corrected chi connectivity index (χ1v) is 6.17. The smallest absolute Gasteiger partial charge is 0.223 e. The molecule has 0 bridgehead atoms. The van der Waals surface area contributed by atoms with Gasteiger partial charge >= 0.3 is 0 Å². The minimum Gasteiger partial charge on any atom is -0.301 e. The highest BCUT2D eigenvalue weighted by Gasteiger charge is 2.06. The average Bonchev–Trinajstić information content (AvgIpc) is 2.68. The van der Waals surface area contributed by atoms with Crippen LogP contribution < -0.4 is 5.32 Å². The van der Waals surface area contributed by atoms with Crippen molar-refractivity contribution in [3.63, 3.8) is 0 Å². The minimum atomic E-state index is -0.140. The number of rotatable bonds is 3. The standard InChI is InChI=1S/C11H10ClN3OS/c1-7(16)13-11-15-14-10(17-11)6-8-2-4-9(12)5-3-8/h2-5H,6H2,1H3,(H,13,15,16).